The molecule has 0 amide bonds. The Morgan fingerprint density at radius 2 is 2.15 bits per heavy atom. The number of carbonyl (C=O) groups is 1. The summed E-state index contributed by atoms with van der Waals surface area (Å²) in [5.41, 5.74) is -0.483. The Morgan fingerprint density at radius 1 is 1.40 bits per heavy atom. The third-order valence-electron chi connectivity index (χ3n) is 2.38. The molecule has 0 aliphatic rings. The van der Waals surface area contributed by atoms with Gasteiger partial charge < -0.3 is 5.11 Å². The van der Waals surface area contributed by atoms with Gasteiger partial charge in [0, 0.05) is 18.1 Å². The van der Waals surface area contributed by atoms with Crippen molar-refractivity contribution >= 4 is 17.7 Å². The SMILES string of the molecule is O=C(O)CSc1nccn1-c1cccc(C(F)(F)F)c1. The van der Waals surface area contributed by atoms with Crippen molar-refractivity contribution in [2.75, 3.05) is 5.75 Å². The van der Waals surface area contributed by atoms with Crippen LogP contribution in [0.15, 0.2) is 41.8 Å². The summed E-state index contributed by atoms with van der Waals surface area (Å²) in [7, 11) is 0. The fourth-order valence-electron chi connectivity index (χ4n) is 1.55. The van der Waals surface area contributed by atoms with Gasteiger partial charge in [0.05, 0.1) is 11.3 Å². The first-order valence-corrected chi connectivity index (χ1v) is 6.42. The molecule has 0 radical (unpaired) electrons. The molecule has 1 aromatic heterocycles. The molecular formula is C12H9F3N2O2S. The van der Waals surface area contributed by atoms with E-state index in [1.54, 1.807) is 0 Å². The number of hydrogen-bond donors (Lipinski definition) is 1. The zero-order chi connectivity index (χ0) is 14.8. The van der Waals surface area contributed by atoms with Gasteiger partial charge in [0.1, 0.15) is 0 Å². The lowest BCUT2D eigenvalue weighted by atomic mass is 10.2. The third kappa shape index (κ3) is 3.32. The largest absolute Gasteiger partial charge is 0.481 e. The number of imidazole rings is 1. The van der Waals surface area contributed by atoms with Gasteiger partial charge >= 0.3 is 12.1 Å². The monoisotopic (exact) mass is 302 g/mol. The van der Waals surface area contributed by atoms with Gasteiger partial charge in [-0.1, -0.05) is 17.8 Å². The number of nitrogens with zero attached hydrogens (tertiary/aromatic N) is 2. The van der Waals surface area contributed by atoms with E-state index in [1.807, 2.05) is 0 Å². The summed E-state index contributed by atoms with van der Waals surface area (Å²) < 4.78 is 39.4. The molecule has 106 valence electrons. The van der Waals surface area contributed by atoms with Crippen molar-refractivity contribution in [3.63, 3.8) is 0 Å². The first-order valence-electron chi connectivity index (χ1n) is 5.43. The number of alkyl halides is 3. The van der Waals surface area contributed by atoms with Gasteiger partial charge in [-0.2, -0.15) is 13.2 Å². The third-order valence-corrected chi connectivity index (χ3v) is 3.33. The van der Waals surface area contributed by atoms with Gasteiger partial charge in [-0.25, -0.2) is 4.98 Å². The van der Waals surface area contributed by atoms with Crippen LogP contribution in [0.3, 0.4) is 0 Å². The molecule has 0 fully saturated rings. The molecule has 1 heterocycles. The molecule has 0 aliphatic carbocycles. The van der Waals surface area contributed by atoms with Crippen LogP contribution in [0.2, 0.25) is 0 Å². The van der Waals surface area contributed by atoms with E-state index in [4.69, 9.17) is 5.11 Å². The highest BCUT2D eigenvalue weighted by Crippen LogP contribution is 2.31. The Kier molecular flexibility index (Phi) is 4.03. The van der Waals surface area contributed by atoms with Crippen LogP contribution in [0.25, 0.3) is 5.69 Å². The Balaban J connectivity index is 2.33. The van der Waals surface area contributed by atoms with E-state index < -0.39 is 17.7 Å². The summed E-state index contributed by atoms with van der Waals surface area (Å²) in [6.07, 6.45) is -1.53. The van der Waals surface area contributed by atoms with Crippen LogP contribution in [0.4, 0.5) is 13.2 Å². The summed E-state index contributed by atoms with van der Waals surface area (Å²) >= 11 is 0.941. The highest BCUT2D eigenvalue weighted by molar-refractivity contribution is 7.99. The van der Waals surface area contributed by atoms with Crippen LogP contribution in [0.5, 0.6) is 0 Å². The van der Waals surface area contributed by atoms with Crippen LogP contribution in [0, 0.1) is 0 Å². The molecule has 8 heteroatoms. The minimum absolute atomic E-state index is 0.212. The zero-order valence-corrected chi connectivity index (χ0v) is 10.8. The standard InChI is InChI=1S/C12H9F3N2O2S/c13-12(14,15)8-2-1-3-9(6-8)17-5-4-16-11(17)20-7-10(18)19/h1-6H,7H2,(H,18,19). The maximum absolute atomic E-state index is 12.7. The van der Waals surface area contributed by atoms with E-state index in [9.17, 15) is 18.0 Å². The molecule has 2 rings (SSSR count). The van der Waals surface area contributed by atoms with Crippen molar-refractivity contribution in [1.29, 1.82) is 0 Å². The van der Waals surface area contributed by atoms with Crippen LogP contribution < -0.4 is 0 Å². The topological polar surface area (TPSA) is 55.1 Å². The lowest BCUT2D eigenvalue weighted by molar-refractivity contribution is -0.137. The summed E-state index contributed by atoms with van der Waals surface area (Å²) in [4.78, 5) is 14.5. The van der Waals surface area contributed by atoms with Gasteiger partial charge in [0.25, 0.3) is 0 Å². The molecule has 0 aliphatic heterocycles. The first kappa shape index (κ1) is 14.4. The van der Waals surface area contributed by atoms with E-state index in [2.05, 4.69) is 4.98 Å². The molecule has 0 atom stereocenters. The molecule has 0 saturated carbocycles. The Morgan fingerprint density at radius 3 is 2.80 bits per heavy atom. The molecular weight excluding hydrogens is 293 g/mol. The molecule has 1 aromatic carbocycles. The van der Waals surface area contributed by atoms with Crippen molar-refractivity contribution in [2.24, 2.45) is 0 Å². The lowest BCUT2D eigenvalue weighted by Crippen LogP contribution is -2.06. The van der Waals surface area contributed by atoms with E-state index >= 15 is 0 Å². The summed E-state index contributed by atoms with van der Waals surface area (Å²) in [6, 6.07) is 4.77. The summed E-state index contributed by atoms with van der Waals surface area (Å²) in [6.45, 7) is 0. The second kappa shape index (κ2) is 5.58. The number of hydrogen-bond acceptors (Lipinski definition) is 3. The van der Waals surface area contributed by atoms with Crippen LogP contribution in [0.1, 0.15) is 5.56 Å². The molecule has 20 heavy (non-hydrogen) atoms. The van der Waals surface area contributed by atoms with Gasteiger partial charge in [-0.05, 0) is 18.2 Å². The number of benzene rings is 1. The second-order valence-electron chi connectivity index (χ2n) is 3.81. The van der Waals surface area contributed by atoms with Gasteiger partial charge in [0.2, 0.25) is 0 Å². The number of thioether (sulfide) groups is 1. The molecule has 0 spiro atoms. The van der Waals surface area contributed by atoms with Crippen molar-refractivity contribution in [1.82, 2.24) is 9.55 Å². The molecule has 1 N–H and O–H groups in total. The van der Waals surface area contributed by atoms with Gasteiger partial charge in [-0.15, -0.1) is 0 Å². The second-order valence-corrected chi connectivity index (χ2v) is 4.75. The minimum Gasteiger partial charge on any atom is -0.481 e. The normalized spacial score (nSPS) is 11.6. The Bertz CT molecular complexity index is 625. The molecule has 0 saturated heterocycles. The molecule has 0 bridgehead atoms. The van der Waals surface area contributed by atoms with Gasteiger partial charge in [-0.3, -0.25) is 9.36 Å². The van der Waals surface area contributed by atoms with Crippen LogP contribution >= 0.6 is 11.8 Å². The van der Waals surface area contributed by atoms with E-state index in [0.29, 0.717) is 5.16 Å². The number of carboxylic acids is 1. The maximum Gasteiger partial charge on any atom is 0.416 e. The van der Waals surface area contributed by atoms with Crippen molar-refractivity contribution in [3.8, 4) is 5.69 Å². The Hall–Kier alpha value is -1.96. The fourth-order valence-corrected chi connectivity index (χ4v) is 2.24. The zero-order valence-electron chi connectivity index (χ0n) is 9.96. The maximum atomic E-state index is 12.7. The summed E-state index contributed by atoms with van der Waals surface area (Å²) in [5, 5.41) is 8.94. The molecule has 0 unspecified atom stereocenters. The van der Waals surface area contributed by atoms with Crippen molar-refractivity contribution < 1.29 is 23.1 Å². The number of halogens is 3. The number of carboxylic acid groups (broad SMARTS) is 1. The lowest BCUT2D eigenvalue weighted by Gasteiger charge is -2.10. The average molecular weight is 302 g/mol. The quantitative estimate of drug-likeness (QED) is 0.882. The summed E-state index contributed by atoms with van der Waals surface area (Å²) in [5.74, 6) is -1.23. The minimum atomic E-state index is -4.43. The molecule has 4 nitrogen and oxygen atoms in total. The van der Waals surface area contributed by atoms with E-state index in [1.165, 1.54) is 29.1 Å². The predicted molar refractivity (Wildman–Crippen MR) is 66.9 cm³/mol. The number of rotatable bonds is 4. The van der Waals surface area contributed by atoms with E-state index in [-0.39, 0.29) is 11.4 Å². The highest BCUT2D eigenvalue weighted by atomic mass is 32.2. The highest BCUT2D eigenvalue weighted by Gasteiger charge is 2.30. The number of aliphatic carboxylic acids is 1. The Labute approximate surface area is 116 Å². The van der Waals surface area contributed by atoms with Crippen LogP contribution in [-0.4, -0.2) is 26.4 Å². The van der Waals surface area contributed by atoms with Crippen molar-refractivity contribution in [2.45, 2.75) is 11.3 Å². The first-order chi connectivity index (χ1) is 9.38. The smallest absolute Gasteiger partial charge is 0.416 e. The van der Waals surface area contributed by atoms with E-state index in [0.717, 1.165) is 23.9 Å². The molecule has 2 aromatic rings. The number of aromatic nitrogens is 2. The average Bonchev–Trinajstić information content (AvgIpc) is 2.83. The predicted octanol–water partition coefficient (Wildman–Crippen LogP) is 3.07. The van der Waals surface area contributed by atoms with Crippen LogP contribution in [-0.2, 0) is 11.0 Å². The van der Waals surface area contributed by atoms with Crippen molar-refractivity contribution in [3.05, 3.63) is 42.2 Å². The fraction of sp³-hybridized carbons (Fsp3) is 0.167. The van der Waals surface area contributed by atoms with Gasteiger partial charge in [0.15, 0.2) is 5.16 Å².